The maximum atomic E-state index is 12.8. The predicted octanol–water partition coefficient (Wildman–Crippen LogP) is 3.27. The van der Waals surface area contributed by atoms with E-state index in [-0.39, 0.29) is 16.6 Å². The fourth-order valence-electron chi connectivity index (χ4n) is 1.90. The Labute approximate surface area is 143 Å². The van der Waals surface area contributed by atoms with Crippen LogP contribution in [0.1, 0.15) is 10.8 Å². The zero-order valence-electron chi connectivity index (χ0n) is 11.3. The van der Waals surface area contributed by atoms with Crippen LogP contribution in [0.5, 0.6) is 0 Å². The third-order valence-corrected chi connectivity index (χ3v) is 7.02. The SMILES string of the molecule is O=C(CCl)NC[C@@H](c1ccc(Cl)cc1)S(=O)(=O)c1cccs1. The molecule has 1 N–H and O–H groups in total. The van der Waals surface area contributed by atoms with Gasteiger partial charge < -0.3 is 5.32 Å². The van der Waals surface area contributed by atoms with Crippen LogP contribution in [0.25, 0.3) is 0 Å². The van der Waals surface area contributed by atoms with Crippen LogP contribution in [0.4, 0.5) is 0 Å². The lowest BCUT2D eigenvalue weighted by Crippen LogP contribution is -2.32. The van der Waals surface area contributed by atoms with Gasteiger partial charge in [0, 0.05) is 11.6 Å². The summed E-state index contributed by atoms with van der Waals surface area (Å²) in [5.41, 5.74) is 0.563. The molecule has 0 bridgehead atoms. The van der Waals surface area contributed by atoms with Crippen molar-refractivity contribution in [2.75, 3.05) is 12.4 Å². The summed E-state index contributed by atoms with van der Waals surface area (Å²) in [5.74, 6) is -0.631. The van der Waals surface area contributed by atoms with E-state index < -0.39 is 21.0 Å². The second-order valence-corrected chi connectivity index (χ2v) is 8.46. The Hall–Kier alpha value is -1.08. The minimum Gasteiger partial charge on any atom is -0.353 e. The highest BCUT2D eigenvalue weighted by molar-refractivity contribution is 7.93. The van der Waals surface area contributed by atoms with Crippen molar-refractivity contribution in [3.05, 3.63) is 52.4 Å². The van der Waals surface area contributed by atoms with E-state index in [1.807, 2.05) is 0 Å². The fourth-order valence-corrected chi connectivity index (χ4v) is 4.99. The highest BCUT2D eigenvalue weighted by Crippen LogP contribution is 2.31. The van der Waals surface area contributed by atoms with E-state index in [0.717, 1.165) is 11.3 Å². The van der Waals surface area contributed by atoms with Crippen LogP contribution in [0, 0.1) is 0 Å². The smallest absolute Gasteiger partial charge is 0.234 e. The molecule has 0 aliphatic carbocycles. The maximum absolute atomic E-state index is 12.8. The van der Waals surface area contributed by atoms with Gasteiger partial charge in [-0.05, 0) is 29.1 Å². The zero-order valence-corrected chi connectivity index (χ0v) is 14.5. The fraction of sp³-hybridized carbons (Fsp3) is 0.214. The average molecular weight is 378 g/mol. The molecular weight excluding hydrogens is 365 g/mol. The van der Waals surface area contributed by atoms with Crippen LogP contribution in [-0.4, -0.2) is 26.7 Å². The molecule has 0 aliphatic rings. The van der Waals surface area contributed by atoms with Crippen LogP contribution >= 0.6 is 34.5 Å². The molecule has 1 atom stereocenters. The Bertz CT molecular complexity index is 728. The predicted molar refractivity (Wildman–Crippen MR) is 89.4 cm³/mol. The van der Waals surface area contributed by atoms with E-state index in [2.05, 4.69) is 5.32 Å². The number of halogens is 2. The van der Waals surface area contributed by atoms with Crippen LogP contribution < -0.4 is 5.32 Å². The summed E-state index contributed by atoms with van der Waals surface area (Å²) in [6, 6.07) is 9.75. The van der Waals surface area contributed by atoms with Gasteiger partial charge in [-0.15, -0.1) is 22.9 Å². The Morgan fingerprint density at radius 3 is 2.45 bits per heavy atom. The van der Waals surface area contributed by atoms with Gasteiger partial charge >= 0.3 is 0 Å². The van der Waals surface area contributed by atoms with Gasteiger partial charge in [-0.3, -0.25) is 4.79 Å². The molecule has 4 nitrogen and oxygen atoms in total. The number of hydrogen-bond acceptors (Lipinski definition) is 4. The standard InChI is InChI=1S/C14H13Cl2NO3S2/c15-8-13(18)17-9-12(10-3-5-11(16)6-4-10)22(19,20)14-2-1-7-21-14/h1-7,12H,8-9H2,(H,17,18)/t12-/m0/s1. The number of nitrogens with one attached hydrogen (secondary N) is 1. The van der Waals surface area contributed by atoms with Gasteiger partial charge in [-0.25, -0.2) is 8.42 Å². The number of carbonyl (C=O) groups excluding carboxylic acids is 1. The molecular formula is C14H13Cl2NO3S2. The number of alkyl halides is 1. The summed E-state index contributed by atoms with van der Waals surface area (Å²) in [6.07, 6.45) is 0. The van der Waals surface area contributed by atoms with Gasteiger partial charge in [-0.2, -0.15) is 0 Å². The molecule has 8 heteroatoms. The molecule has 2 aromatic rings. The molecule has 0 spiro atoms. The molecule has 1 amide bonds. The molecule has 2 rings (SSSR count). The summed E-state index contributed by atoms with van der Waals surface area (Å²) in [7, 11) is -3.61. The molecule has 0 saturated heterocycles. The largest absolute Gasteiger partial charge is 0.353 e. The summed E-state index contributed by atoms with van der Waals surface area (Å²) >= 11 is 12.4. The maximum Gasteiger partial charge on any atom is 0.234 e. The lowest BCUT2D eigenvalue weighted by molar-refractivity contribution is -0.118. The van der Waals surface area contributed by atoms with Gasteiger partial charge in [0.25, 0.3) is 0 Å². The highest BCUT2D eigenvalue weighted by atomic mass is 35.5. The van der Waals surface area contributed by atoms with E-state index >= 15 is 0 Å². The van der Waals surface area contributed by atoms with Gasteiger partial charge in [0.15, 0.2) is 9.84 Å². The topological polar surface area (TPSA) is 63.2 Å². The quantitative estimate of drug-likeness (QED) is 0.785. The molecule has 118 valence electrons. The number of hydrogen-bond donors (Lipinski definition) is 1. The Morgan fingerprint density at radius 1 is 1.23 bits per heavy atom. The van der Waals surface area contributed by atoms with Crippen LogP contribution in [0.2, 0.25) is 5.02 Å². The molecule has 0 fully saturated rings. The van der Waals surface area contributed by atoms with E-state index in [1.54, 1.807) is 41.8 Å². The first kappa shape index (κ1) is 17.3. The molecule has 1 aromatic heterocycles. The van der Waals surface area contributed by atoms with E-state index in [1.165, 1.54) is 0 Å². The molecule has 0 aliphatic heterocycles. The van der Waals surface area contributed by atoms with Gasteiger partial charge in [0.1, 0.15) is 15.3 Å². The molecule has 0 radical (unpaired) electrons. The number of thiophene rings is 1. The summed E-state index contributed by atoms with van der Waals surface area (Å²) in [6.45, 7) is -0.0482. The van der Waals surface area contributed by atoms with E-state index in [9.17, 15) is 13.2 Å². The Balaban J connectivity index is 2.37. The minimum atomic E-state index is -3.61. The van der Waals surface area contributed by atoms with Crippen molar-refractivity contribution in [1.82, 2.24) is 5.32 Å². The Morgan fingerprint density at radius 2 is 1.91 bits per heavy atom. The number of rotatable bonds is 6. The lowest BCUT2D eigenvalue weighted by Gasteiger charge is -2.18. The van der Waals surface area contributed by atoms with Crippen molar-refractivity contribution < 1.29 is 13.2 Å². The molecule has 1 aromatic carbocycles. The first-order valence-corrected chi connectivity index (χ1v) is 9.64. The Kier molecular flexibility index (Phi) is 5.86. The summed E-state index contributed by atoms with van der Waals surface area (Å²) in [5, 5.41) is 3.85. The van der Waals surface area contributed by atoms with E-state index in [4.69, 9.17) is 23.2 Å². The normalized spacial score (nSPS) is 12.8. The monoisotopic (exact) mass is 377 g/mol. The van der Waals surface area contributed by atoms with Gasteiger partial charge in [0.05, 0.1) is 0 Å². The summed E-state index contributed by atoms with van der Waals surface area (Å²) in [4.78, 5) is 11.4. The van der Waals surface area contributed by atoms with Gasteiger partial charge in [0.2, 0.25) is 5.91 Å². The second-order valence-electron chi connectivity index (χ2n) is 4.45. The molecule has 0 saturated carbocycles. The number of benzene rings is 1. The van der Waals surface area contributed by atoms with Crippen molar-refractivity contribution in [3.8, 4) is 0 Å². The number of amides is 1. The minimum absolute atomic E-state index is 0.0482. The second kappa shape index (κ2) is 7.46. The van der Waals surface area contributed by atoms with Crippen molar-refractivity contribution in [2.45, 2.75) is 9.46 Å². The molecule has 0 unspecified atom stereocenters. The first-order chi connectivity index (χ1) is 10.4. The first-order valence-electron chi connectivity index (χ1n) is 6.30. The van der Waals surface area contributed by atoms with Gasteiger partial charge in [-0.1, -0.05) is 29.8 Å². The van der Waals surface area contributed by atoms with Crippen LogP contribution in [0.15, 0.2) is 46.0 Å². The third-order valence-electron chi connectivity index (χ3n) is 3.00. The van der Waals surface area contributed by atoms with Crippen molar-refractivity contribution in [3.63, 3.8) is 0 Å². The van der Waals surface area contributed by atoms with Crippen molar-refractivity contribution >= 4 is 50.3 Å². The molecule has 1 heterocycles. The lowest BCUT2D eigenvalue weighted by atomic mass is 10.1. The third kappa shape index (κ3) is 4.01. The molecule has 22 heavy (non-hydrogen) atoms. The van der Waals surface area contributed by atoms with Crippen molar-refractivity contribution in [2.24, 2.45) is 0 Å². The van der Waals surface area contributed by atoms with E-state index in [0.29, 0.717) is 10.6 Å². The average Bonchev–Trinajstić information content (AvgIpc) is 3.04. The summed E-state index contributed by atoms with van der Waals surface area (Å²) < 4.78 is 25.8. The van der Waals surface area contributed by atoms with Crippen LogP contribution in [0.3, 0.4) is 0 Å². The van der Waals surface area contributed by atoms with Crippen LogP contribution in [-0.2, 0) is 14.6 Å². The number of carbonyl (C=O) groups is 1. The zero-order chi connectivity index (χ0) is 16.2. The highest BCUT2D eigenvalue weighted by Gasteiger charge is 2.30. The van der Waals surface area contributed by atoms with Crippen molar-refractivity contribution in [1.29, 1.82) is 0 Å². The number of sulfone groups is 1.